The highest BCUT2D eigenvalue weighted by atomic mass is 32.1. The van der Waals surface area contributed by atoms with Crippen molar-refractivity contribution in [1.82, 2.24) is 0 Å². The number of hydrogen-bond donors (Lipinski definition) is 0. The van der Waals surface area contributed by atoms with Crippen LogP contribution in [0.1, 0.15) is 1.37 Å². The summed E-state index contributed by atoms with van der Waals surface area (Å²) in [6.45, 7) is 0. The molecule has 0 radical (unpaired) electrons. The zero-order valence-electron chi connectivity index (χ0n) is 27.7. The molecule has 10 aromatic rings. The molecule has 0 nitrogen and oxygen atoms in total. The van der Waals surface area contributed by atoms with Crippen molar-refractivity contribution in [1.29, 1.82) is 0 Å². The molecule has 1 heteroatoms. The van der Waals surface area contributed by atoms with Gasteiger partial charge < -0.3 is 0 Å². The van der Waals surface area contributed by atoms with Gasteiger partial charge in [0.2, 0.25) is 0 Å². The van der Waals surface area contributed by atoms with Crippen LogP contribution in [-0.2, 0) is 0 Å². The summed E-state index contributed by atoms with van der Waals surface area (Å²) in [5, 5.41) is 9.91. The van der Waals surface area contributed by atoms with Crippen LogP contribution in [0.3, 0.4) is 0 Å². The van der Waals surface area contributed by atoms with Crippen LogP contribution in [0.2, 0.25) is 0 Å². The number of benzene rings is 9. The minimum absolute atomic E-state index is 0.540. The highest BCUT2D eigenvalue weighted by Gasteiger charge is 2.18. The van der Waals surface area contributed by atoms with Crippen molar-refractivity contribution in [2.24, 2.45) is 0 Å². The molecule has 49 heavy (non-hydrogen) atoms. The molecule has 0 aliphatic rings. The molecular formula is C48H30S. The van der Waals surface area contributed by atoms with E-state index in [2.05, 4.69) is 158 Å². The van der Waals surface area contributed by atoms with Crippen molar-refractivity contribution < 1.29 is 1.37 Å². The predicted molar refractivity (Wildman–Crippen MR) is 214 cm³/mol. The topological polar surface area (TPSA) is 0 Å². The van der Waals surface area contributed by atoms with Crippen LogP contribution >= 0.6 is 11.3 Å². The van der Waals surface area contributed by atoms with Crippen LogP contribution < -0.4 is 0 Å². The van der Waals surface area contributed by atoms with Gasteiger partial charge in [-0.2, -0.15) is 0 Å². The van der Waals surface area contributed by atoms with Gasteiger partial charge in [-0.1, -0.05) is 158 Å². The van der Waals surface area contributed by atoms with Gasteiger partial charge in [0, 0.05) is 20.2 Å². The van der Waals surface area contributed by atoms with Crippen LogP contribution in [0.4, 0.5) is 0 Å². The normalized spacial score (nSPS) is 12.0. The Balaban J connectivity index is 1.12. The maximum atomic E-state index is 7.96. The van der Waals surface area contributed by atoms with Crippen molar-refractivity contribution in [3.63, 3.8) is 0 Å². The molecule has 0 atom stereocenters. The van der Waals surface area contributed by atoms with Gasteiger partial charge in [0.25, 0.3) is 0 Å². The van der Waals surface area contributed by atoms with Crippen LogP contribution in [-0.4, -0.2) is 0 Å². The van der Waals surface area contributed by atoms with Crippen LogP contribution in [0.25, 0.3) is 97.0 Å². The van der Waals surface area contributed by atoms with E-state index >= 15 is 0 Å². The summed E-state index contributed by atoms with van der Waals surface area (Å²) in [4.78, 5) is 0. The Morgan fingerprint density at radius 3 is 1.61 bits per heavy atom. The maximum Gasteiger partial charge on any atom is 0.0623 e. The van der Waals surface area contributed by atoms with Crippen LogP contribution in [0.5, 0.6) is 0 Å². The van der Waals surface area contributed by atoms with Crippen LogP contribution in [0.15, 0.2) is 182 Å². The molecule has 0 N–H and O–H groups in total. The molecule has 228 valence electrons. The molecule has 0 aliphatic heterocycles. The fourth-order valence-electron chi connectivity index (χ4n) is 7.63. The Labute approximate surface area is 290 Å². The standard InChI is InChI=1S/C48H30S/c1-2-10-31(11-3-1)37-24-26-39-44-29-38(25-27-45(44)49-46(39)30-37)48-42-16-8-6-14-40(42)47(41-15-7-9-17-43(41)48)34-21-18-33(19-22-34)36-23-20-32-12-4-5-13-35(32)28-36/h1-30H/i4D. The van der Waals surface area contributed by atoms with E-state index in [1.54, 1.807) is 0 Å². The summed E-state index contributed by atoms with van der Waals surface area (Å²) in [5.74, 6) is 0. The van der Waals surface area contributed by atoms with Crippen LogP contribution in [0, 0.1) is 0 Å². The molecule has 0 amide bonds. The molecule has 0 bridgehead atoms. The molecule has 0 unspecified atom stereocenters. The molecule has 0 spiro atoms. The Hall–Kier alpha value is -6.02. The van der Waals surface area contributed by atoms with Gasteiger partial charge in [-0.25, -0.2) is 0 Å². The Morgan fingerprint density at radius 1 is 0.306 bits per heavy atom. The lowest BCUT2D eigenvalue weighted by molar-refractivity contribution is 1.63. The third kappa shape index (κ3) is 4.66. The Morgan fingerprint density at radius 2 is 0.878 bits per heavy atom. The number of hydrogen-bond acceptors (Lipinski definition) is 1. The second kappa shape index (κ2) is 11.3. The highest BCUT2D eigenvalue weighted by Crippen LogP contribution is 2.46. The lowest BCUT2D eigenvalue weighted by Crippen LogP contribution is -1.91. The van der Waals surface area contributed by atoms with Gasteiger partial charge in [-0.05, 0) is 101 Å². The van der Waals surface area contributed by atoms with Gasteiger partial charge in [0.05, 0.1) is 1.37 Å². The monoisotopic (exact) mass is 639 g/mol. The predicted octanol–water partition coefficient (Wildman–Crippen LogP) is 14.2. The third-order valence-electron chi connectivity index (χ3n) is 9.99. The minimum Gasteiger partial charge on any atom is -0.135 e. The van der Waals surface area contributed by atoms with E-state index < -0.39 is 0 Å². The summed E-state index contributed by atoms with van der Waals surface area (Å²) in [6, 6.07) is 64.3. The van der Waals surface area contributed by atoms with Crippen molar-refractivity contribution in [3.05, 3.63) is 182 Å². The second-order valence-corrected chi connectivity index (χ2v) is 13.9. The average molecular weight is 640 g/mol. The van der Waals surface area contributed by atoms with E-state index in [1.807, 2.05) is 29.5 Å². The first-order valence-electron chi connectivity index (χ1n) is 17.2. The van der Waals surface area contributed by atoms with E-state index in [-0.39, 0.29) is 0 Å². The molecule has 10 rings (SSSR count). The van der Waals surface area contributed by atoms with E-state index in [0.29, 0.717) is 6.04 Å². The van der Waals surface area contributed by atoms with Crippen molar-refractivity contribution in [2.45, 2.75) is 0 Å². The zero-order chi connectivity index (χ0) is 33.2. The highest BCUT2D eigenvalue weighted by molar-refractivity contribution is 7.25. The zero-order valence-corrected chi connectivity index (χ0v) is 27.5. The minimum atomic E-state index is 0.540. The lowest BCUT2D eigenvalue weighted by atomic mass is 9.85. The first kappa shape index (κ1) is 27.0. The summed E-state index contributed by atoms with van der Waals surface area (Å²) in [6.07, 6.45) is 0. The first-order chi connectivity index (χ1) is 24.7. The van der Waals surface area contributed by atoms with E-state index in [1.165, 1.54) is 86.2 Å². The smallest absolute Gasteiger partial charge is 0.0623 e. The third-order valence-corrected chi connectivity index (χ3v) is 11.1. The van der Waals surface area contributed by atoms with E-state index in [4.69, 9.17) is 1.37 Å². The maximum absolute atomic E-state index is 7.96. The average Bonchev–Trinajstić information content (AvgIpc) is 3.54. The summed E-state index contributed by atoms with van der Waals surface area (Å²) in [5.41, 5.74) is 9.87. The molecule has 0 aliphatic carbocycles. The quantitative estimate of drug-likeness (QED) is 0.168. The van der Waals surface area contributed by atoms with Crippen molar-refractivity contribution in [2.75, 3.05) is 0 Å². The van der Waals surface area contributed by atoms with Gasteiger partial charge in [0.15, 0.2) is 0 Å². The van der Waals surface area contributed by atoms with Gasteiger partial charge >= 0.3 is 0 Å². The SMILES string of the molecule is [2H]c1ccc2cc(-c3ccc(-c4c5ccccc5c(-c5ccc6sc7cc(-c8ccccc8)ccc7c6c5)c5ccccc45)cc3)ccc2c1. The molecule has 0 saturated heterocycles. The first-order valence-corrected chi connectivity index (χ1v) is 17.6. The number of rotatable bonds is 4. The molecule has 1 aromatic heterocycles. The van der Waals surface area contributed by atoms with Gasteiger partial charge in [-0.15, -0.1) is 11.3 Å². The molecule has 1 heterocycles. The number of thiophene rings is 1. The van der Waals surface area contributed by atoms with Crippen molar-refractivity contribution >= 4 is 63.8 Å². The summed E-state index contributed by atoms with van der Waals surface area (Å²) in [7, 11) is 0. The van der Waals surface area contributed by atoms with Crippen molar-refractivity contribution in [3.8, 4) is 44.5 Å². The van der Waals surface area contributed by atoms with Gasteiger partial charge in [-0.3, -0.25) is 0 Å². The summed E-state index contributed by atoms with van der Waals surface area (Å²) >= 11 is 1.87. The molecule has 0 saturated carbocycles. The van der Waals surface area contributed by atoms with E-state index in [0.717, 1.165) is 10.8 Å². The largest absolute Gasteiger partial charge is 0.135 e. The summed E-state index contributed by atoms with van der Waals surface area (Å²) < 4.78 is 10.6. The molecular weight excluding hydrogens is 609 g/mol. The second-order valence-electron chi connectivity index (χ2n) is 12.8. The molecule has 9 aromatic carbocycles. The Kier molecular flexibility index (Phi) is 6.22. The fraction of sp³-hybridized carbons (Fsp3) is 0. The Bertz CT molecular complexity index is 2860. The fourth-order valence-corrected chi connectivity index (χ4v) is 8.75. The number of fused-ring (bicyclic) bond motifs is 6. The lowest BCUT2D eigenvalue weighted by Gasteiger charge is -2.18. The van der Waals surface area contributed by atoms with Gasteiger partial charge in [0.1, 0.15) is 0 Å². The molecule has 0 fully saturated rings. The van der Waals surface area contributed by atoms with E-state index in [9.17, 15) is 0 Å².